The predicted octanol–water partition coefficient (Wildman–Crippen LogP) is 3.61. The van der Waals surface area contributed by atoms with Gasteiger partial charge in [0.1, 0.15) is 5.76 Å². The minimum atomic E-state index is 0.456. The van der Waals surface area contributed by atoms with Crippen molar-refractivity contribution >= 4 is 11.8 Å². The van der Waals surface area contributed by atoms with Crippen LogP contribution in [0.1, 0.15) is 23.8 Å². The van der Waals surface area contributed by atoms with Crippen molar-refractivity contribution in [3.63, 3.8) is 0 Å². The molecule has 0 radical (unpaired) electrons. The molecule has 1 aromatic heterocycles. The van der Waals surface area contributed by atoms with E-state index >= 15 is 0 Å². The number of hydrogen-bond donors (Lipinski definition) is 1. The van der Waals surface area contributed by atoms with E-state index in [1.54, 1.807) is 6.26 Å². The Balaban J connectivity index is 1.72. The summed E-state index contributed by atoms with van der Waals surface area (Å²) in [7, 11) is 0. The first-order chi connectivity index (χ1) is 8.43. The lowest BCUT2D eigenvalue weighted by atomic mass is 10.0. The largest absolute Gasteiger partial charge is 0.468 e. The van der Waals surface area contributed by atoms with Gasteiger partial charge in [0.25, 0.3) is 0 Å². The van der Waals surface area contributed by atoms with Gasteiger partial charge in [0.15, 0.2) is 0 Å². The molecule has 1 aromatic carbocycles. The first-order valence-electron chi connectivity index (χ1n) is 5.91. The standard InChI is InChI=1S/C14H15NOS/c1-2-6-14-12(5-1)13(7-9-17-14)15-10-11-4-3-8-16-11/h1-6,8,13,15H,7,9-10H2. The van der Waals surface area contributed by atoms with Crippen LogP contribution in [0.5, 0.6) is 0 Å². The molecular formula is C14H15NOS. The van der Waals surface area contributed by atoms with Gasteiger partial charge in [0, 0.05) is 10.9 Å². The summed E-state index contributed by atoms with van der Waals surface area (Å²) in [5.41, 5.74) is 1.43. The molecular weight excluding hydrogens is 230 g/mol. The van der Waals surface area contributed by atoms with Crippen LogP contribution in [0.4, 0.5) is 0 Å². The number of hydrogen-bond acceptors (Lipinski definition) is 3. The second-order valence-electron chi connectivity index (χ2n) is 4.19. The normalized spacial score (nSPS) is 18.9. The molecule has 2 heterocycles. The highest BCUT2D eigenvalue weighted by atomic mass is 32.2. The van der Waals surface area contributed by atoms with E-state index in [2.05, 4.69) is 29.6 Å². The van der Waals surface area contributed by atoms with Gasteiger partial charge in [-0.15, -0.1) is 11.8 Å². The smallest absolute Gasteiger partial charge is 0.117 e. The maximum atomic E-state index is 5.34. The van der Waals surface area contributed by atoms with Crippen molar-refractivity contribution in [2.24, 2.45) is 0 Å². The van der Waals surface area contributed by atoms with Crippen LogP contribution in [0.15, 0.2) is 52.0 Å². The minimum absolute atomic E-state index is 0.456. The molecule has 1 unspecified atom stereocenters. The fourth-order valence-electron chi connectivity index (χ4n) is 2.19. The van der Waals surface area contributed by atoms with Gasteiger partial charge in [0.05, 0.1) is 12.8 Å². The Hall–Kier alpha value is -1.19. The van der Waals surface area contributed by atoms with E-state index in [4.69, 9.17) is 4.42 Å². The van der Waals surface area contributed by atoms with E-state index in [9.17, 15) is 0 Å². The zero-order valence-electron chi connectivity index (χ0n) is 9.56. The third-order valence-electron chi connectivity index (χ3n) is 3.06. The Kier molecular flexibility index (Phi) is 3.20. The second kappa shape index (κ2) is 4.98. The maximum absolute atomic E-state index is 5.34. The van der Waals surface area contributed by atoms with Crippen LogP contribution >= 0.6 is 11.8 Å². The Labute approximate surface area is 105 Å². The van der Waals surface area contributed by atoms with Crippen LogP contribution in [-0.4, -0.2) is 5.75 Å². The number of furan rings is 1. The summed E-state index contributed by atoms with van der Waals surface area (Å²) in [5.74, 6) is 2.19. The molecule has 3 rings (SSSR count). The molecule has 0 fully saturated rings. The lowest BCUT2D eigenvalue weighted by Crippen LogP contribution is -2.23. The van der Waals surface area contributed by atoms with Crippen LogP contribution in [-0.2, 0) is 6.54 Å². The Morgan fingerprint density at radius 1 is 1.24 bits per heavy atom. The van der Waals surface area contributed by atoms with Crippen LogP contribution in [0.25, 0.3) is 0 Å². The molecule has 1 aliphatic heterocycles. The molecule has 0 saturated heterocycles. The number of nitrogens with one attached hydrogen (secondary N) is 1. The summed E-state index contributed by atoms with van der Waals surface area (Å²) < 4.78 is 5.34. The summed E-state index contributed by atoms with van der Waals surface area (Å²) >= 11 is 1.95. The van der Waals surface area contributed by atoms with Crippen LogP contribution < -0.4 is 5.32 Å². The predicted molar refractivity (Wildman–Crippen MR) is 70.1 cm³/mol. The highest BCUT2D eigenvalue weighted by Crippen LogP contribution is 2.35. The van der Waals surface area contributed by atoms with Gasteiger partial charge in [-0.3, -0.25) is 0 Å². The topological polar surface area (TPSA) is 25.2 Å². The van der Waals surface area contributed by atoms with Crippen LogP contribution in [0, 0.1) is 0 Å². The molecule has 88 valence electrons. The van der Waals surface area contributed by atoms with Crippen molar-refractivity contribution in [3.8, 4) is 0 Å². The van der Waals surface area contributed by atoms with Crippen LogP contribution in [0.2, 0.25) is 0 Å². The molecule has 0 aliphatic carbocycles. The number of benzene rings is 1. The summed E-state index contributed by atoms with van der Waals surface area (Å²) in [6.45, 7) is 0.802. The first kappa shape index (κ1) is 10.9. The third kappa shape index (κ3) is 2.40. The van der Waals surface area contributed by atoms with Gasteiger partial charge < -0.3 is 9.73 Å². The lowest BCUT2D eigenvalue weighted by molar-refractivity contribution is 0.440. The Morgan fingerprint density at radius 3 is 3.06 bits per heavy atom. The van der Waals surface area contributed by atoms with Crippen molar-refractivity contribution in [1.82, 2.24) is 5.32 Å². The van der Waals surface area contributed by atoms with Crippen molar-refractivity contribution in [3.05, 3.63) is 54.0 Å². The van der Waals surface area contributed by atoms with Crippen molar-refractivity contribution in [2.75, 3.05) is 5.75 Å². The van der Waals surface area contributed by atoms with Gasteiger partial charge in [-0.25, -0.2) is 0 Å². The highest BCUT2D eigenvalue weighted by molar-refractivity contribution is 7.99. The van der Waals surface area contributed by atoms with E-state index in [-0.39, 0.29) is 0 Å². The monoisotopic (exact) mass is 245 g/mol. The first-order valence-corrected chi connectivity index (χ1v) is 6.89. The molecule has 2 aromatic rings. The van der Waals surface area contributed by atoms with E-state index in [1.165, 1.54) is 22.6 Å². The minimum Gasteiger partial charge on any atom is -0.468 e. The van der Waals surface area contributed by atoms with Gasteiger partial charge in [0.2, 0.25) is 0 Å². The maximum Gasteiger partial charge on any atom is 0.117 e. The van der Waals surface area contributed by atoms with E-state index in [1.807, 2.05) is 23.9 Å². The zero-order valence-corrected chi connectivity index (χ0v) is 10.4. The average Bonchev–Trinajstić information content (AvgIpc) is 2.89. The van der Waals surface area contributed by atoms with Gasteiger partial charge in [-0.2, -0.15) is 0 Å². The second-order valence-corrected chi connectivity index (χ2v) is 5.32. The fourth-order valence-corrected chi connectivity index (χ4v) is 3.32. The molecule has 0 saturated carbocycles. The molecule has 1 atom stereocenters. The zero-order chi connectivity index (χ0) is 11.5. The number of rotatable bonds is 3. The Morgan fingerprint density at radius 2 is 2.18 bits per heavy atom. The molecule has 0 amide bonds. The van der Waals surface area contributed by atoms with Crippen molar-refractivity contribution < 1.29 is 4.42 Å². The van der Waals surface area contributed by atoms with Crippen molar-refractivity contribution in [1.29, 1.82) is 0 Å². The lowest BCUT2D eigenvalue weighted by Gasteiger charge is -2.25. The van der Waals surface area contributed by atoms with Crippen LogP contribution in [0.3, 0.4) is 0 Å². The number of fused-ring (bicyclic) bond motifs is 1. The van der Waals surface area contributed by atoms with Crippen molar-refractivity contribution in [2.45, 2.75) is 23.9 Å². The quantitative estimate of drug-likeness (QED) is 0.894. The number of thioether (sulfide) groups is 1. The summed E-state index contributed by atoms with van der Waals surface area (Å²) in [5, 5.41) is 3.57. The molecule has 0 spiro atoms. The molecule has 0 bridgehead atoms. The molecule has 3 heteroatoms. The summed E-state index contributed by atoms with van der Waals surface area (Å²) in [6, 6.07) is 13.1. The van der Waals surface area contributed by atoms with E-state index in [0.29, 0.717) is 6.04 Å². The molecule has 17 heavy (non-hydrogen) atoms. The summed E-state index contributed by atoms with van der Waals surface area (Å²) in [4.78, 5) is 1.41. The fraction of sp³-hybridized carbons (Fsp3) is 0.286. The average molecular weight is 245 g/mol. The van der Waals surface area contributed by atoms with Gasteiger partial charge >= 0.3 is 0 Å². The van der Waals surface area contributed by atoms with Gasteiger partial charge in [-0.1, -0.05) is 18.2 Å². The molecule has 2 nitrogen and oxygen atoms in total. The summed E-state index contributed by atoms with van der Waals surface area (Å²) in [6.07, 6.45) is 2.91. The Bertz CT molecular complexity index is 481. The highest BCUT2D eigenvalue weighted by Gasteiger charge is 2.19. The molecule has 1 aliphatic rings. The van der Waals surface area contributed by atoms with E-state index < -0.39 is 0 Å². The molecule has 1 N–H and O–H groups in total. The SMILES string of the molecule is c1coc(CNC2CCSc3ccccc32)c1. The van der Waals surface area contributed by atoms with Gasteiger partial charge in [-0.05, 0) is 35.9 Å². The van der Waals surface area contributed by atoms with E-state index in [0.717, 1.165) is 12.3 Å². The third-order valence-corrected chi connectivity index (χ3v) is 4.18.